The SMILES string of the molecule is CCCCCCCCC(CCCCCCCC)C(CCCC(C(=O)O)C(CCCCCCCC)CCCCCCCC)C(=O)O. The molecule has 2 unspecified atom stereocenters. The van der Waals surface area contributed by atoms with Crippen molar-refractivity contribution in [2.45, 2.75) is 227 Å². The zero-order valence-corrected chi connectivity index (χ0v) is 30.9. The summed E-state index contributed by atoms with van der Waals surface area (Å²) in [5.74, 6) is -1.52. The molecule has 0 aliphatic rings. The molecule has 0 aromatic heterocycles. The van der Waals surface area contributed by atoms with Gasteiger partial charge in [-0.1, -0.05) is 188 Å². The lowest BCUT2D eigenvalue weighted by Gasteiger charge is -2.27. The summed E-state index contributed by atoms with van der Waals surface area (Å²) >= 11 is 0. The van der Waals surface area contributed by atoms with E-state index in [4.69, 9.17) is 0 Å². The van der Waals surface area contributed by atoms with E-state index in [1.54, 1.807) is 0 Å². The fourth-order valence-corrected chi connectivity index (χ4v) is 7.52. The van der Waals surface area contributed by atoms with Crippen molar-refractivity contribution < 1.29 is 19.8 Å². The first-order valence-corrected chi connectivity index (χ1v) is 20.4. The molecule has 0 aromatic carbocycles. The summed E-state index contributed by atoms with van der Waals surface area (Å²) < 4.78 is 0. The Labute approximate surface area is 281 Å². The average molecular weight is 637 g/mol. The average Bonchev–Trinajstić information content (AvgIpc) is 3.02. The number of carbonyl (C=O) groups is 2. The first-order valence-electron chi connectivity index (χ1n) is 20.4. The number of carboxylic acid groups (broad SMARTS) is 2. The van der Waals surface area contributed by atoms with E-state index in [2.05, 4.69) is 27.7 Å². The van der Waals surface area contributed by atoms with Crippen LogP contribution in [0.1, 0.15) is 227 Å². The highest BCUT2D eigenvalue weighted by molar-refractivity contribution is 5.71. The highest BCUT2D eigenvalue weighted by Crippen LogP contribution is 2.34. The third-order valence-corrected chi connectivity index (χ3v) is 10.5. The first-order chi connectivity index (χ1) is 21.9. The van der Waals surface area contributed by atoms with E-state index >= 15 is 0 Å². The van der Waals surface area contributed by atoms with Crippen LogP contribution in [0.4, 0.5) is 0 Å². The Kier molecular flexibility index (Phi) is 32.1. The van der Waals surface area contributed by atoms with Crippen LogP contribution in [0.2, 0.25) is 0 Å². The van der Waals surface area contributed by atoms with Crippen LogP contribution in [0.25, 0.3) is 0 Å². The van der Waals surface area contributed by atoms with Gasteiger partial charge in [0.15, 0.2) is 0 Å². The van der Waals surface area contributed by atoms with Crippen LogP contribution in [-0.2, 0) is 9.59 Å². The summed E-state index contributed by atoms with van der Waals surface area (Å²) in [6.45, 7) is 8.98. The summed E-state index contributed by atoms with van der Waals surface area (Å²) in [6, 6.07) is 0. The Balaban J connectivity index is 5.26. The molecule has 0 aromatic rings. The van der Waals surface area contributed by atoms with Crippen molar-refractivity contribution in [3.05, 3.63) is 0 Å². The van der Waals surface area contributed by atoms with Gasteiger partial charge < -0.3 is 10.2 Å². The summed E-state index contributed by atoms with van der Waals surface area (Å²) in [7, 11) is 0. The van der Waals surface area contributed by atoms with Crippen LogP contribution < -0.4 is 0 Å². The molecular formula is C41H80O4. The van der Waals surface area contributed by atoms with Crippen molar-refractivity contribution in [2.24, 2.45) is 23.7 Å². The van der Waals surface area contributed by atoms with Gasteiger partial charge in [-0.15, -0.1) is 0 Å². The standard InChI is InChI=1S/C41H80O4/c1-5-9-13-17-21-25-30-36(31-26-22-18-14-10-6-2)38(40(42)43)34-29-35-39(41(44)45)37(32-27-23-19-15-11-7-3)33-28-24-20-16-12-8-4/h36-39H,5-35H2,1-4H3,(H,42,43)(H,44,45). The molecular weight excluding hydrogens is 556 g/mol. The Morgan fingerprint density at radius 1 is 0.333 bits per heavy atom. The second kappa shape index (κ2) is 32.9. The fourth-order valence-electron chi connectivity index (χ4n) is 7.52. The molecule has 45 heavy (non-hydrogen) atoms. The van der Waals surface area contributed by atoms with Crippen LogP contribution in [0.15, 0.2) is 0 Å². The van der Waals surface area contributed by atoms with Crippen molar-refractivity contribution in [3.63, 3.8) is 0 Å². The quantitative estimate of drug-likeness (QED) is 0.0671. The summed E-state index contributed by atoms with van der Waals surface area (Å²) in [6.07, 6.45) is 35.7. The number of rotatable bonds is 36. The van der Waals surface area contributed by atoms with Gasteiger partial charge in [0, 0.05) is 0 Å². The molecule has 2 N–H and O–H groups in total. The highest BCUT2D eigenvalue weighted by Gasteiger charge is 2.30. The van der Waals surface area contributed by atoms with Gasteiger partial charge in [-0.05, 0) is 50.4 Å². The molecule has 4 heteroatoms. The molecule has 0 amide bonds. The Hall–Kier alpha value is -1.06. The molecule has 4 nitrogen and oxygen atoms in total. The first kappa shape index (κ1) is 43.9. The maximum Gasteiger partial charge on any atom is 0.306 e. The number of carboxylic acids is 2. The molecule has 0 saturated carbocycles. The van der Waals surface area contributed by atoms with E-state index in [1.165, 1.54) is 128 Å². The van der Waals surface area contributed by atoms with Crippen LogP contribution in [0.3, 0.4) is 0 Å². The normalized spacial score (nSPS) is 13.1. The Bertz CT molecular complexity index is 561. The van der Waals surface area contributed by atoms with Crippen molar-refractivity contribution in [3.8, 4) is 0 Å². The monoisotopic (exact) mass is 637 g/mol. The third-order valence-electron chi connectivity index (χ3n) is 10.5. The predicted octanol–water partition coefficient (Wildman–Crippen LogP) is 13.8. The van der Waals surface area contributed by atoms with Gasteiger partial charge in [-0.25, -0.2) is 0 Å². The van der Waals surface area contributed by atoms with E-state index in [1.807, 2.05) is 0 Å². The summed E-state index contributed by atoms with van der Waals surface area (Å²) in [5, 5.41) is 20.7. The molecule has 0 spiro atoms. The third kappa shape index (κ3) is 25.7. The van der Waals surface area contributed by atoms with Gasteiger partial charge in [0.2, 0.25) is 0 Å². The topological polar surface area (TPSA) is 74.6 Å². The van der Waals surface area contributed by atoms with E-state index in [9.17, 15) is 19.8 Å². The lowest BCUT2D eigenvalue weighted by molar-refractivity contribution is -0.144. The minimum absolute atomic E-state index is 0.227. The van der Waals surface area contributed by atoms with Gasteiger partial charge in [0.25, 0.3) is 0 Å². The van der Waals surface area contributed by atoms with Gasteiger partial charge in [0.1, 0.15) is 0 Å². The van der Waals surface area contributed by atoms with Crippen LogP contribution >= 0.6 is 0 Å². The lowest BCUT2D eigenvalue weighted by atomic mass is 9.77. The molecule has 0 bridgehead atoms. The summed E-state index contributed by atoms with van der Waals surface area (Å²) in [5.41, 5.74) is 0. The second-order valence-electron chi connectivity index (χ2n) is 14.6. The van der Waals surface area contributed by atoms with E-state index in [0.29, 0.717) is 12.8 Å². The van der Waals surface area contributed by atoms with Crippen molar-refractivity contribution >= 4 is 11.9 Å². The molecule has 0 aliphatic heterocycles. The molecule has 0 radical (unpaired) electrons. The van der Waals surface area contributed by atoms with Gasteiger partial charge in [0.05, 0.1) is 11.8 Å². The minimum atomic E-state index is -0.653. The molecule has 268 valence electrons. The number of hydrogen-bond donors (Lipinski definition) is 2. The van der Waals surface area contributed by atoms with E-state index in [0.717, 1.165) is 57.8 Å². The molecule has 0 aliphatic carbocycles. The van der Waals surface area contributed by atoms with Gasteiger partial charge in [-0.2, -0.15) is 0 Å². The van der Waals surface area contributed by atoms with Crippen LogP contribution in [-0.4, -0.2) is 22.2 Å². The lowest BCUT2D eigenvalue weighted by Crippen LogP contribution is -2.27. The molecule has 0 rings (SSSR count). The zero-order chi connectivity index (χ0) is 33.4. The van der Waals surface area contributed by atoms with Crippen molar-refractivity contribution in [1.82, 2.24) is 0 Å². The van der Waals surface area contributed by atoms with Crippen LogP contribution in [0.5, 0.6) is 0 Å². The smallest absolute Gasteiger partial charge is 0.306 e. The molecule has 0 fully saturated rings. The Morgan fingerprint density at radius 2 is 0.556 bits per heavy atom. The zero-order valence-electron chi connectivity index (χ0n) is 30.9. The van der Waals surface area contributed by atoms with Gasteiger partial charge in [-0.3, -0.25) is 9.59 Å². The maximum absolute atomic E-state index is 12.6. The highest BCUT2D eigenvalue weighted by atomic mass is 16.4. The number of aliphatic carboxylic acids is 2. The van der Waals surface area contributed by atoms with Crippen LogP contribution in [0, 0.1) is 23.7 Å². The van der Waals surface area contributed by atoms with E-state index < -0.39 is 11.9 Å². The Morgan fingerprint density at radius 3 is 0.778 bits per heavy atom. The predicted molar refractivity (Wildman–Crippen MR) is 195 cm³/mol. The fraction of sp³-hybridized carbons (Fsp3) is 0.951. The minimum Gasteiger partial charge on any atom is -0.481 e. The second-order valence-corrected chi connectivity index (χ2v) is 14.6. The summed E-state index contributed by atoms with van der Waals surface area (Å²) in [4.78, 5) is 25.2. The van der Waals surface area contributed by atoms with Crippen molar-refractivity contribution in [1.29, 1.82) is 0 Å². The molecule has 2 atom stereocenters. The van der Waals surface area contributed by atoms with Crippen molar-refractivity contribution in [2.75, 3.05) is 0 Å². The maximum atomic E-state index is 12.6. The largest absolute Gasteiger partial charge is 0.481 e. The number of unbranched alkanes of at least 4 members (excludes halogenated alkanes) is 20. The molecule has 0 saturated heterocycles. The van der Waals surface area contributed by atoms with Gasteiger partial charge >= 0.3 is 11.9 Å². The number of hydrogen-bond acceptors (Lipinski definition) is 2. The molecule has 0 heterocycles. The van der Waals surface area contributed by atoms with E-state index in [-0.39, 0.29) is 23.7 Å².